The number of hydrogen-bond donors (Lipinski definition) is 2. The molecule has 0 saturated heterocycles. The second kappa shape index (κ2) is 7.49. The van der Waals surface area contributed by atoms with Crippen molar-refractivity contribution in [1.82, 2.24) is 9.97 Å². The Morgan fingerprint density at radius 1 is 1.28 bits per heavy atom. The first-order valence-electron chi connectivity index (χ1n) is 7.83. The van der Waals surface area contributed by atoms with E-state index in [9.17, 15) is 9.50 Å². The van der Waals surface area contributed by atoms with Crippen LogP contribution in [-0.4, -0.2) is 26.8 Å². The highest BCUT2D eigenvalue weighted by molar-refractivity contribution is 6.31. The molecule has 1 aromatic heterocycles. The molecule has 128 valence electrons. The number of nitrogens with zero attached hydrogens (tertiary/aromatic N) is 2. The lowest BCUT2D eigenvalue weighted by Gasteiger charge is -2.13. The summed E-state index contributed by atoms with van der Waals surface area (Å²) in [5.74, 6) is -0.259. The fourth-order valence-corrected chi connectivity index (χ4v) is 2.76. The van der Waals surface area contributed by atoms with Crippen LogP contribution in [0.2, 0.25) is 5.02 Å². The zero-order valence-electron chi connectivity index (χ0n) is 13.6. The van der Waals surface area contributed by atoms with Crippen molar-refractivity contribution < 1.29 is 9.50 Å². The molecule has 4 nitrogen and oxygen atoms in total. The van der Waals surface area contributed by atoms with Gasteiger partial charge in [-0.3, -0.25) is 4.99 Å². The molecule has 25 heavy (non-hydrogen) atoms. The molecule has 3 aromatic rings. The van der Waals surface area contributed by atoms with Gasteiger partial charge in [-0.15, -0.1) is 0 Å². The number of H-pyrrole nitrogens is 1. The fourth-order valence-electron chi connectivity index (χ4n) is 2.59. The Hall–Kier alpha value is -2.66. The fraction of sp³-hybridized carbons (Fsp3) is 0.158. The van der Waals surface area contributed by atoms with Crippen molar-refractivity contribution in [2.24, 2.45) is 4.99 Å². The molecule has 0 amide bonds. The smallest absolute Gasteiger partial charge is 0.125 e. The molecule has 0 radical (unpaired) electrons. The molecule has 0 unspecified atom stereocenters. The van der Waals surface area contributed by atoms with Crippen molar-refractivity contribution in [3.8, 4) is 5.75 Å². The molecule has 1 heterocycles. The summed E-state index contributed by atoms with van der Waals surface area (Å²) in [6, 6.07) is 10.7. The number of aromatic nitrogens is 2. The summed E-state index contributed by atoms with van der Waals surface area (Å²) >= 11 is 6.09. The van der Waals surface area contributed by atoms with Crippen LogP contribution >= 0.6 is 11.6 Å². The third-order valence-corrected chi connectivity index (χ3v) is 3.99. The van der Waals surface area contributed by atoms with Gasteiger partial charge in [-0.1, -0.05) is 11.6 Å². The first-order valence-corrected chi connectivity index (χ1v) is 8.20. The molecule has 0 aliphatic carbocycles. The maximum absolute atomic E-state index is 13.3. The predicted octanol–water partition coefficient (Wildman–Crippen LogP) is 4.38. The summed E-state index contributed by atoms with van der Waals surface area (Å²) in [5.41, 5.74) is 2.74. The van der Waals surface area contributed by atoms with Gasteiger partial charge in [0.25, 0.3) is 0 Å². The highest BCUT2D eigenvalue weighted by Gasteiger charge is 2.15. The molecule has 0 aliphatic rings. The Morgan fingerprint density at radius 2 is 2.04 bits per heavy atom. The van der Waals surface area contributed by atoms with Gasteiger partial charge in [0.05, 0.1) is 18.1 Å². The van der Waals surface area contributed by atoms with Crippen molar-refractivity contribution >= 4 is 17.3 Å². The zero-order valence-corrected chi connectivity index (χ0v) is 14.3. The number of imidazole rings is 1. The average molecular weight is 358 g/mol. The second-order valence-corrected chi connectivity index (χ2v) is 6.21. The SMILES string of the molecule is C[C@H](Cc1cnc[nH]1)N=C(c1ccc(F)cc1)c1cc(Cl)ccc1O. The van der Waals surface area contributed by atoms with Gasteiger partial charge < -0.3 is 10.1 Å². The van der Waals surface area contributed by atoms with Gasteiger partial charge in [0.2, 0.25) is 0 Å². The molecule has 0 saturated carbocycles. The lowest BCUT2D eigenvalue weighted by Crippen LogP contribution is -2.12. The van der Waals surface area contributed by atoms with E-state index in [1.54, 1.807) is 36.8 Å². The second-order valence-electron chi connectivity index (χ2n) is 5.78. The number of phenols is 1. The highest BCUT2D eigenvalue weighted by Crippen LogP contribution is 2.26. The standard InChI is InChI=1S/C19H17ClFN3O/c1-12(8-16-10-22-11-23-16)24-19(13-2-5-15(21)6-3-13)17-9-14(20)4-7-18(17)25/h2-7,9-12,25H,8H2,1H3,(H,22,23)/t12-/m1/s1. The Morgan fingerprint density at radius 3 is 2.72 bits per heavy atom. The summed E-state index contributed by atoms with van der Waals surface area (Å²) in [5, 5.41) is 10.8. The van der Waals surface area contributed by atoms with Crippen molar-refractivity contribution in [1.29, 1.82) is 0 Å². The average Bonchev–Trinajstić information content (AvgIpc) is 3.09. The molecule has 2 N–H and O–H groups in total. The van der Waals surface area contributed by atoms with Crippen LogP contribution in [0.5, 0.6) is 5.75 Å². The number of aromatic hydroxyl groups is 1. The van der Waals surface area contributed by atoms with Gasteiger partial charge in [0.15, 0.2) is 0 Å². The highest BCUT2D eigenvalue weighted by atomic mass is 35.5. The van der Waals surface area contributed by atoms with Crippen LogP contribution in [0.1, 0.15) is 23.7 Å². The minimum atomic E-state index is -0.330. The summed E-state index contributed by atoms with van der Waals surface area (Å²) in [6.45, 7) is 1.96. The van der Waals surface area contributed by atoms with E-state index in [1.807, 2.05) is 6.92 Å². The van der Waals surface area contributed by atoms with Crippen molar-refractivity contribution in [2.75, 3.05) is 0 Å². The largest absolute Gasteiger partial charge is 0.507 e. The number of nitrogens with one attached hydrogen (secondary N) is 1. The normalized spacial score (nSPS) is 13.0. The molecular weight excluding hydrogens is 341 g/mol. The van der Waals surface area contributed by atoms with E-state index >= 15 is 0 Å². The number of phenolic OH excluding ortho intramolecular Hbond substituents is 1. The monoisotopic (exact) mass is 357 g/mol. The van der Waals surface area contributed by atoms with Crippen molar-refractivity contribution in [2.45, 2.75) is 19.4 Å². The Balaban J connectivity index is 2.03. The summed E-state index contributed by atoms with van der Waals surface area (Å²) in [7, 11) is 0. The molecule has 0 fully saturated rings. The van der Waals surface area contributed by atoms with E-state index in [0.29, 0.717) is 28.3 Å². The third-order valence-electron chi connectivity index (χ3n) is 3.75. The minimum Gasteiger partial charge on any atom is -0.507 e. The van der Waals surface area contributed by atoms with Crippen LogP contribution in [0, 0.1) is 5.82 Å². The van der Waals surface area contributed by atoms with E-state index in [1.165, 1.54) is 18.2 Å². The quantitative estimate of drug-likeness (QED) is 0.666. The lowest BCUT2D eigenvalue weighted by molar-refractivity contribution is 0.474. The van der Waals surface area contributed by atoms with Crippen LogP contribution in [0.15, 0.2) is 60.0 Å². The van der Waals surface area contributed by atoms with Gasteiger partial charge in [-0.25, -0.2) is 9.37 Å². The van der Waals surface area contributed by atoms with E-state index < -0.39 is 0 Å². The molecule has 1 atom stereocenters. The molecule has 3 rings (SSSR count). The Labute approximate surface area is 150 Å². The first-order chi connectivity index (χ1) is 12.0. The molecular formula is C19H17ClFN3O. The van der Waals surface area contributed by atoms with E-state index in [-0.39, 0.29) is 17.6 Å². The van der Waals surface area contributed by atoms with Crippen LogP contribution < -0.4 is 0 Å². The van der Waals surface area contributed by atoms with Gasteiger partial charge >= 0.3 is 0 Å². The minimum absolute atomic E-state index is 0.0706. The topological polar surface area (TPSA) is 61.3 Å². The number of benzene rings is 2. The Kier molecular flexibility index (Phi) is 5.14. The molecule has 0 aliphatic heterocycles. The number of hydrogen-bond acceptors (Lipinski definition) is 3. The van der Waals surface area contributed by atoms with E-state index in [2.05, 4.69) is 9.97 Å². The Bertz CT molecular complexity index is 876. The molecule has 0 spiro atoms. The zero-order chi connectivity index (χ0) is 17.8. The predicted molar refractivity (Wildman–Crippen MR) is 96.9 cm³/mol. The van der Waals surface area contributed by atoms with Gasteiger partial charge in [-0.2, -0.15) is 0 Å². The van der Waals surface area contributed by atoms with Crippen LogP contribution in [0.3, 0.4) is 0 Å². The first kappa shape index (κ1) is 17.2. The van der Waals surface area contributed by atoms with E-state index in [4.69, 9.17) is 16.6 Å². The van der Waals surface area contributed by atoms with Crippen LogP contribution in [-0.2, 0) is 6.42 Å². The molecule has 0 bridgehead atoms. The number of aliphatic imine (C=N–C) groups is 1. The third kappa shape index (κ3) is 4.25. The summed E-state index contributed by atoms with van der Waals surface area (Å²) < 4.78 is 13.3. The number of halogens is 2. The maximum atomic E-state index is 13.3. The lowest BCUT2D eigenvalue weighted by atomic mass is 10.0. The van der Waals surface area contributed by atoms with Crippen molar-refractivity contribution in [3.63, 3.8) is 0 Å². The summed E-state index contributed by atoms with van der Waals surface area (Å²) in [4.78, 5) is 11.8. The number of aromatic amines is 1. The van der Waals surface area contributed by atoms with E-state index in [0.717, 1.165) is 5.69 Å². The molecule has 2 aromatic carbocycles. The van der Waals surface area contributed by atoms with Gasteiger partial charge in [0, 0.05) is 34.5 Å². The van der Waals surface area contributed by atoms with Gasteiger partial charge in [-0.05, 0) is 49.4 Å². The maximum Gasteiger partial charge on any atom is 0.125 e. The number of rotatable bonds is 5. The van der Waals surface area contributed by atoms with Gasteiger partial charge in [0.1, 0.15) is 11.6 Å². The van der Waals surface area contributed by atoms with Crippen LogP contribution in [0.25, 0.3) is 0 Å². The van der Waals surface area contributed by atoms with Crippen LogP contribution in [0.4, 0.5) is 4.39 Å². The molecule has 6 heteroatoms. The summed E-state index contributed by atoms with van der Waals surface area (Å²) in [6.07, 6.45) is 4.03. The van der Waals surface area contributed by atoms with Crippen molar-refractivity contribution in [3.05, 3.63) is 82.6 Å².